The van der Waals surface area contributed by atoms with E-state index in [9.17, 15) is 14.9 Å². The Morgan fingerprint density at radius 2 is 2.28 bits per heavy atom. The minimum Gasteiger partial charge on any atom is -0.485 e. The number of hydrogen-bond acceptors (Lipinski definition) is 5. The second-order valence-electron chi connectivity index (χ2n) is 3.72. The molecule has 0 amide bonds. The maximum atomic E-state index is 10.8. The Labute approximate surface area is 104 Å². The van der Waals surface area contributed by atoms with E-state index in [2.05, 4.69) is 5.32 Å². The molecule has 2 N–H and O–H groups in total. The Bertz CT molecular complexity index is 461. The van der Waals surface area contributed by atoms with E-state index in [1.165, 1.54) is 19.2 Å². The largest absolute Gasteiger partial charge is 0.485 e. The van der Waals surface area contributed by atoms with Gasteiger partial charge in [-0.15, -0.1) is 0 Å². The first kappa shape index (κ1) is 13.9. The predicted octanol–water partition coefficient (Wildman–Crippen LogP) is 0.955. The van der Waals surface area contributed by atoms with Gasteiger partial charge in [0.2, 0.25) is 0 Å². The number of nitro groups is 1. The summed E-state index contributed by atoms with van der Waals surface area (Å²) in [5, 5.41) is 22.1. The molecule has 0 spiro atoms. The van der Waals surface area contributed by atoms with Gasteiger partial charge in [0.15, 0.2) is 5.75 Å². The summed E-state index contributed by atoms with van der Waals surface area (Å²) in [6.45, 7) is 1.58. The van der Waals surface area contributed by atoms with E-state index in [1.807, 2.05) is 0 Å². The van der Waals surface area contributed by atoms with Crippen molar-refractivity contribution in [2.75, 3.05) is 13.7 Å². The molecule has 98 valence electrons. The van der Waals surface area contributed by atoms with Gasteiger partial charge >= 0.3 is 11.7 Å². The first-order valence-corrected chi connectivity index (χ1v) is 5.23. The maximum Gasteiger partial charge on any atom is 0.324 e. The molecule has 0 saturated carbocycles. The van der Waals surface area contributed by atoms with Gasteiger partial charge in [-0.2, -0.15) is 0 Å². The summed E-state index contributed by atoms with van der Waals surface area (Å²) >= 11 is 0. The number of carboxylic acid groups (broad SMARTS) is 1. The van der Waals surface area contributed by atoms with Crippen LogP contribution in [0.15, 0.2) is 18.2 Å². The zero-order valence-corrected chi connectivity index (χ0v) is 10.0. The van der Waals surface area contributed by atoms with E-state index >= 15 is 0 Å². The summed E-state index contributed by atoms with van der Waals surface area (Å²) in [5.74, 6) is -1.01. The van der Waals surface area contributed by atoms with Crippen LogP contribution in [0.5, 0.6) is 5.75 Å². The highest BCUT2D eigenvalue weighted by atomic mass is 16.6. The molecule has 0 fully saturated rings. The van der Waals surface area contributed by atoms with Crippen LogP contribution >= 0.6 is 0 Å². The first-order chi connectivity index (χ1) is 8.45. The molecular formula is C11H14N2O5. The minimum atomic E-state index is -1.08. The molecule has 0 heterocycles. The molecule has 0 saturated heterocycles. The highest BCUT2D eigenvalue weighted by molar-refractivity contribution is 5.73. The average molecular weight is 254 g/mol. The molecule has 0 bridgehead atoms. The van der Waals surface area contributed by atoms with Gasteiger partial charge in [0.1, 0.15) is 12.6 Å². The number of hydrogen-bond donors (Lipinski definition) is 2. The molecule has 0 radical (unpaired) electrons. The van der Waals surface area contributed by atoms with E-state index in [1.54, 1.807) is 13.0 Å². The van der Waals surface area contributed by atoms with Crippen molar-refractivity contribution in [3.63, 3.8) is 0 Å². The van der Waals surface area contributed by atoms with Crippen molar-refractivity contribution in [3.8, 4) is 5.75 Å². The van der Waals surface area contributed by atoms with Gasteiger partial charge < -0.3 is 15.2 Å². The van der Waals surface area contributed by atoms with Gasteiger partial charge in [-0.05, 0) is 25.6 Å². The van der Waals surface area contributed by atoms with Crippen molar-refractivity contribution in [3.05, 3.63) is 33.9 Å². The highest BCUT2D eigenvalue weighted by Crippen LogP contribution is 2.27. The summed E-state index contributed by atoms with van der Waals surface area (Å²) in [7, 11) is 1.48. The van der Waals surface area contributed by atoms with Gasteiger partial charge in [-0.1, -0.05) is 6.07 Å². The maximum absolute atomic E-state index is 10.8. The number of nitrogens with zero attached hydrogens (tertiary/aromatic N) is 1. The zero-order chi connectivity index (χ0) is 13.7. The van der Waals surface area contributed by atoms with E-state index in [-0.39, 0.29) is 18.0 Å². The molecule has 1 aromatic carbocycles. The molecular weight excluding hydrogens is 240 g/mol. The Balaban J connectivity index is 2.86. The first-order valence-electron chi connectivity index (χ1n) is 5.23. The second kappa shape index (κ2) is 5.97. The molecule has 7 nitrogen and oxygen atoms in total. The van der Waals surface area contributed by atoms with Crippen LogP contribution in [-0.4, -0.2) is 35.7 Å². The smallest absolute Gasteiger partial charge is 0.324 e. The van der Waals surface area contributed by atoms with Crippen LogP contribution < -0.4 is 10.1 Å². The third kappa shape index (κ3) is 3.42. The zero-order valence-electron chi connectivity index (χ0n) is 10.0. The van der Waals surface area contributed by atoms with Crippen LogP contribution in [0.2, 0.25) is 0 Å². The SMILES string of the molecule is CNC(COc1cc(C)ccc1[N+](=O)[O-])C(=O)O. The fourth-order valence-electron chi connectivity index (χ4n) is 1.34. The molecule has 0 aromatic heterocycles. The number of aliphatic carboxylic acids is 1. The Hall–Kier alpha value is -2.15. The van der Waals surface area contributed by atoms with Gasteiger partial charge in [0, 0.05) is 6.07 Å². The van der Waals surface area contributed by atoms with Crippen molar-refractivity contribution in [2.45, 2.75) is 13.0 Å². The number of benzene rings is 1. The number of carboxylic acids is 1. The van der Waals surface area contributed by atoms with Crippen LogP contribution in [0.3, 0.4) is 0 Å². The number of nitro benzene ring substituents is 1. The Morgan fingerprint density at radius 1 is 1.61 bits per heavy atom. The fraction of sp³-hybridized carbons (Fsp3) is 0.364. The average Bonchev–Trinajstić information content (AvgIpc) is 2.29. The summed E-state index contributed by atoms with van der Waals surface area (Å²) in [5.41, 5.74) is 0.618. The van der Waals surface area contributed by atoms with Gasteiger partial charge in [-0.3, -0.25) is 14.9 Å². The third-order valence-electron chi connectivity index (χ3n) is 2.36. The number of nitrogens with one attached hydrogen (secondary N) is 1. The number of ether oxygens (including phenoxy) is 1. The number of carbonyl (C=O) groups is 1. The van der Waals surface area contributed by atoms with Crippen LogP contribution in [0.1, 0.15) is 5.56 Å². The molecule has 1 atom stereocenters. The monoisotopic (exact) mass is 254 g/mol. The molecule has 1 unspecified atom stereocenters. The lowest BCUT2D eigenvalue weighted by atomic mass is 10.2. The number of aryl methyl sites for hydroxylation is 1. The molecule has 0 aliphatic carbocycles. The van der Waals surface area contributed by atoms with E-state index < -0.39 is 16.9 Å². The standard InChI is InChI=1S/C11H14N2O5/c1-7-3-4-9(13(16)17)10(5-7)18-6-8(12-2)11(14)15/h3-5,8,12H,6H2,1-2H3,(H,14,15). The van der Waals surface area contributed by atoms with E-state index in [0.29, 0.717) is 0 Å². The summed E-state index contributed by atoms with van der Waals surface area (Å²) in [6.07, 6.45) is 0. The lowest BCUT2D eigenvalue weighted by molar-refractivity contribution is -0.385. The van der Waals surface area contributed by atoms with Crippen molar-refractivity contribution in [1.82, 2.24) is 5.32 Å². The van der Waals surface area contributed by atoms with Crippen molar-refractivity contribution >= 4 is 11.7 Å². The van der Waals surface area contributed by atoms with Crippen LogP contribution in [-0.2, 0) is 4.79 Å². The quantitative estimate of drug-likeness (QED) is 0.579. The van der Waals surface area contributed by atoms with Crippen LogP contribution in [0.4, 0.5) is 5.69 Å². The van der Waals surface area contributed by atoms with E-state index in [4.69, 9.17) is 9.84 Å². The Morgan fingerprint density at radius 3 is 2.78 bits per heavy atom. The predicted molar refractivity (Wildman–Crippen MR) is 63.8 cm³/mol. The topological polar surface area (TPSA) is 102 Å². The van der Waals surface area contributed by atoms with Crippen molar-refractivity contribution in [1.29, 1.82) is 0 Å². The third-order valence-corrected chi connectivity index (χ3v) is 2.36. The number of likely N-dealkylation sites (N-methyl/N-ethyl adjacent to an activating group) is 1. The van der Waals surface area contributed by atoms with Crippen LogP contribution in [0, 0.1) is 17.0 Å². The molecule has 1 aromatic rings. The van der Waals surface area contributed by atoms with Gasteiger partial charge in [0.25, 0.3) is 0 Å². The van der Waals surface area contributed by atoms with Crippen LogP contribution in [0.25, 0.3) is 0 Å². The van der Waals surface area contributed by atoms with E-state index in [0.717, 1.165) is 5.56 Å². The van der Waals surface area contributed by atoms with Gasteiger partial charge in [-0.25, -0.2) is 0 Å². The molecule has 0 aliphatic rings. The highest BCUT2D eigenvalue weighted by Gasteiger charge is 2.19. The summed E-state index contributed by atoms with van der Waals surface area (Å²) in [6, 6.07) is 3.52. The van der Waals surface area contributed by atoms with Crippen molar-refractivity contribution < 1.29 is 19.6 Å². The lowest BCUT2D eigenvalue weighted by Crippen LogP contribution is -2.39. The lowest BCUT2D eigenvalue weighted by Gasteiger charge is -2.13. The molecule has 0 aliphatic heterocycles. The molecule has 7 heteroatoms. The second-order valence-corrected chi connectivity index (χ2v) is 3.72. The fourth-order valence-corrected chi connectivity index (χ4v) is 1.34. The Kier molecular flexibility index (Phi) is 4.61. The molecule has 18 heavy (non-hydrogen) atoms. The molecule has 1 rings (SSSR count). The summed E-state index contributed by atoms with van der Waals surface area (Å²) in [4.78, 5) is 21.0. The normalized spacial score (nSPS) is 11.9. The van der Waals surface area contributed by atoms with Gasteiger partial charge in [0.05, 0.1) is 4.92 Å². The number of rotatable bonds is 6. The van der Waals surface area contributed by atoms with Crippen molar-refractivity contribution in [2.24, 2.45) is 0 Å². The summed E-state index contributed by atoms with van der Waals surface area (Å²) < 4.78 is 5.21. The minimum absolute atomic E-state index is 0.0708.